The number of ketones is 1. The van der Waals surface area contributed by atoms with E-state index in [1.54, 1.807) is 0 Å². The monoisotopic (exact) mass is 507 g/mol. The quantitative estimate of drug-likeness (QED) is 0.341. The average Bonchev–Trinajstić information content (AvgIpc) is 3.23. The molecule has 3 rings (SSSR count). The smallest absolute Gasteiger partial charge is 0.374 e. The van der Waals surface area contributed by atoms with Gasteiger partial charge in [-0.2, -0.15) is 0 Å². The minimum absolute atomic E-state index is 0.0431. The molecule has 1 heterocycles. The molecule has 198 valence electrons. The molecule has 4 N–H and O–H groups in total. The van der Waals surface area contributed by atoms with Gasteiger partial charge in [0.25, 0.3) is 5.78 Å². The molecule has 10 heteroatoms. The first-order valence-corrected chi connectivity index (χ1v) is 12.6. The first-order chi connectivity index (χ1) is 17.0. The van der Waals surface area contributed by atoms with Crippen LogP contribution < -0.4 is 16.0 Å². The molecule has 1 aliphatic carbocycles. The van der Waals surface area contributed by atoms with E-state index in [-0.39, 0.29) is 24.2 Å². The Hall–Kier alpha value is -3.04. The van der Waals surface area contributed by atoms with E-state index in [1.807, 2.05) is 38.1 Å². The number of rotatable bonds is 11. The zero-order chi connectivity index (χ0) is 26.5. The Kier molecular flexibility index (Phi) is 9.03. The molecule has 1 fully saturated rings. The number of Topliss-reactive ketones (excluding diaryl/α,β-unsaturated/α-hetero) is 1. The fourth-order valence-corrected chi connectivity index (χ4v) is 5.37. The van der Waals surface area contributed by atoms with Crippen LogP contribution in [-0.2, 0) is 25.6 Å². The number of halogens is 2. The maximum atomic E-state index is 13.9. The van der Waals surface area contributed by atoms with Crippen molar-refractivity contribution in [2.45, 2.75) is 89.3 Å². The Balaban J connectivity index is 1.84. The van der Waals surface area contributed by atoms with E-state index < -0.39 is 48.1 Å². The maximum Gasteiger partial charge on any atom is 0.374 e. The van der Waals surface area contributed by atoms with Gasteiger partial charge in [0.2, 0.25) is 18.2 Å². The SMILES string of the molecule is CC(C)C[C@H](NC(=O)C1(C2CCCCC2)Cc2ccccc2N1)C(=O)N[C@@H](CC(F)F)C(=O)C(=O)O. The van der Waals surface area contributed by atoms with Gasteiger partial charge in [-0.05, 0) is 42.7 Å². The normalized spacial score (nSPS) is 21.4. The molecule has 0 aromatic heterocycles. The molecule has 3 atom stereocenters. The third kappa shape index (κ3) is 6.39. The van der Waals surface area contributed by atoms with Gasteiger partial charge < -0.3 is 21.1 Å². The summed E-state index contributed by atoms with van der Waals surface area (Å²) in [5, 5.41) is 17.4. The number of fused-ring (bicyclic) bond motifs is 1. The topological polar surface area (TPSA) is 125 Å². The van der Waals surface area contributed by atoms with Gasteiger partial charge in [-0.25, -0.2) is 13.6 Å². The highest BCUT2D eigenvalue weighted by molar-refractivity contribution is 6.35. The second-order valence-electron chi connectivity index (χ2n) is 10.3. The Bertz CT molecular complexity index is 953. The van der Waals surface area contributed by atoms with Gasteiger partial charge >= 0.3 is 5.97 Å². The van der Waals surface area contributed by atoms with Crippen molar-refractivity contribution in [3.8, 4) is 0 Å². The number of hydrogen-bond acceptors (Lipinski definition) is 5. The number of carbonyl (C=O) groups is 4. The van der Waals surface area contributed by atoms with Gasteiger partial charge in [-0.15, -0.1) is 0 Å². The first-order valence-electron chi connectivity index (χ1n) is 12.6. The molecule has 0 radical (unpaired) electrons. The number of para-hydroxylation sites is 1. The van der Waals surface area contributed by atoms with Crippen molar-refractivity contribution in [3.63, 3.8) is 0 Å². The molecule has 1 unspecified atom stereocenters. The lowest BCUT2D eigenvalue weighted by molar-refractivity contribution is -0.151. The molecule has 2 amide bonds. The fraction of sp³-hybridized carbons (Fsp3) is 0.615. The summed E-state index contributed by atoms with van der Waals surface area (Å²) in [5.74, 6) is -4.65. The van der Waals surface area contributed by atoms with E-state index in [0.717, 1.165) is 43.4 Å². The Labute approximate surface area is 209 Å². The highest BCUT2D eigenvalue weighted by Crippen LogP contribution is 2.43. The lowest BCUT2D eigenvalue weighted by Crippen LogP contribution is -2.62. The van der Waals surface area contributed by atoms with Gasteiger partial charge in [0.1, 0.15) is 17.6 Å². The van der Waals surface area contributed by atoms with Crippen LogP contribution in [0, 0.1) is 11.8 Å². The average molecular weight is 508 g/mol. The van der Waals surface area contributed by atoms with Crippen LogP contribution in [-0.4, -0.2) is 52.7 Å². The Morgan fingerprint density at radius 2 is 1.69 bits per heavy atom. The van der Waals surface area contributed by atoms with Crippen LogP contribution in [0.2, 0.25) is 0 Å². The van der Waals surface area contributed by atoms with Gasteiger partial charge in [0.15, 0.2) is 0 Å². The number of nitrogens with one attached hydrogen (secondary N) is 3. The van der Waals surface area contributed by atoms with Crippen molar-refractivity contribution in [1.82, 2.24) is 10.6 Å². The summed E-state index contributed by atoms with van der Waals surface area (Å²) >= 11 is 0. The lowest BCUT2D eigenvalue weighted by Gasteiger charge is -2.40. The third-order valence-corrected chi connectivity index (χ3v) is 7.14. The van der Waals surface area contributed by atoms with Crippen molar-refractivity contribution in [2.24, 2.45) is 11.8 Å². The molecule has 36 heavy (non-hydrogen) atoms. The van der Waals surface area contributed by atoms with Crippen molar-refractivity contribution in [2.75, 3.05) is 5.32 Å². The zero-order valence-electron chi connectivity index (χ0n) is 20.7. The number of hydrogen-bond donors (Lipinski definition) is 4. The fourth-order valence-electron chi connectivity index (χ4n) is 5.37. The van der Waals surface area contributed by atoms with E-state index in [4.69, 9.17) is 5.11 Å². The van der Waals surface area contributed by atoms with Crippen molar-refractivity contribution >= 4 is 29.3 Å². The second-order valence-corrected chi connectivity index (χ2v) is 10.3. The van der Waals surface area contributed by atoms with E-state index in [9.17, 15) is 28.0 Å². The Morgan fingerprint density at radius 1 is 1.03 bits per heavy atom. The molecule has 0 bridgehead atoms. The molecule has 1 aliphatic heterocycles. The maximum absolute atomic E-state index is 13.9. The first kappa shape index (κ1) is 27.5. The zero-order valence-corrected chi connectivity index (χ0v) is 20.7. The molecular formula is C26H35F2N3O5. The van der Waals surface area contributed by atoms with Crippen molar-refractivity contribution < 1.29 is 33.1 Å². The van der Waals surface area contributed by atoms with Crippen LogP contribution in [0.1, 0.15) is 64.4 Å². The van der Waals surface area contributed by atoms with E-state index in [0.29, 0.717) is 6.42 Å². The van der Waals surface area contributed by atoms with Crippen LogP contribution in [0.15, 0.2) is 24.3 Å². The predicted octanol–water partition coefficient (Wildman–Crippen LogP) is 3.30. The van der Waals surface area contributed by atoms with Crippen molar-refractivity contribution in [3.05, 3.63) is 29.8 Å². The second kappa shape index (κ2) is 11.8. The van der Waals surface area contributed by atoms with E-state index >= 15 is 0 Å². The Morgan fingerprint density at radius 3 is 2.28 bits per heavy atom. The standard InChI is InChI=1S/C26H35F2N3O5/c1-15(2)12-20(23(33)29-19(13-21(27)28)22(32)24(34)35)30-25(36)26(17-9-4-3-5-10-17)14-16-8-6-7-11-18(16)31-26/h6-8,11,15,17,19-21,31H,3-5,9-10,12-14H2,1-2H3,(H,29,33)(H,30,36)(H,34,35)/t19-,20-,26?/m0/s1. The van der Waals surface area contributed by atoms with Crippen LogP contribution >= 0.6 is 0 Å². The summed E-state index contributed by atoms with van der Waals surface area (Å²) in [6.45, 7) is 3.68. The van der Waals surface area contributed by atoms with Crippen molar-refractivity contribution in [1.29, 1.82) is 0 Å². The van der Waals surface area contributed by atoms with Crippen LogP contribution in [0.5, 0.6) is 0 Å². The van der Waals surface area contributed by atoms with Crippen LogP contribution in [0.25, 0.3) is 0 Å². The number of carbonyl (C=O) groups excluding carboxylic acids is 3. The summed E-state index contributed by atoms with van der Waals surface area (Å²) in [6, 6.07) is 4.67. The van der Waals surface area contributed by atoms with Gasteiger partial charge in [0.05, 0.1) is 0 Å². The van der Waals surface area contributed by atoms with Crippen LogP contribution in [0.3, 0.4) is 0 Å². The summed E-state index contributed by atoms with van der Waals surface area (Å²) in [6.07, 6.45) is 1.35. The van der Waals surface area contributed by atoms with Gasteiger partial charge in [0, 0.05) is 18.5 Å². The highest BCUT2D eigenvalue weighted by atomic mass is 19.3. The highest BCUT2D eigenvalue weighted by Gasteiger charge is 2.50. The molecule has 1 saturated carbocycles. The van der Waals surface area contributed by atoms with Gasteiger partial charge in [-0.1, -0.05) is 51.3 Å². The summed E-state index contributed by atoms with van der Waals surface area (Å²) in [7, 11) is 0. The molecule has 1 aromatic carbocycles. The molecule has 8 nitrogen and oxygen atoms in total. The summed E-state index contributed by atoms with van der Waals surface area (Å²) in [4.78, 5) is 50.0. The minimum Gasteiger partial charge on any atom is -0.475 e. The molecule has 0 spiro atoms. The summed E-state index contributed by atoms with van der Waals surface area (Å²) in [5.41, 5.74) is 0.915. The number of amides is 2. The third-order valence-electron chi connectivity index (χ3n) is 7.14. The number of carboxylic acids is 1. The number of aliphatic carboxylic acids is 1. The van der Waals surface area contributed by atoms with E-state index in [2.05, 4.69) is 16.0 Å². The largest absolute Gasteiger partial charge is 0.475 e. The molecular weight excluding hydrogens is 472 g/mol. The number of carboxylic acid groups (broad SMARTS) is 1. The summed E-state index contributed by atoms with van der Waals surface area (Å²) < 4.78 is 26.0. The van der Waals surface area contributed by atoms with Crippen LogP contribution in [0.4, 0.5) is 14.5 Å². The predicted molar refractivity (Wildman–Crippen MR) is 130 cm³/mol. The molecule has 1 aromatic rings. The molecule has 0 saturated heterocycles. The number of benzene rings is 1. The lowest BCUT2D eigenvalue weighted by atomic mass is 9.72. The van der Waals surface area contributed by atoms with E-state index in [1.165, 1.54) is 0 Å². The van der Waals surface area contributed by atoms with Gasteiger partial charge in [-0.3, -0.25) is 14.4 Å². The minimum atomic E-state index is -2.99. The number of anilines is 1. The number of alkyl halides is 2. The molecule has 2 aliphatic rings.